The fraction of sp³-hybridized carbons (Fsp3) is 0.941. The first-order chi connectivity index (χ1) is 10.2. The van der Waals surface area contributed by atoms with Crippen LogP contribution >= 0.6 is 0 Å². The van der Waals surface area contributed by atoms with Crippen molar-refractivity contribution in [3.05, 3.63) is 0 Å². The molecule has 0 aromatic heterocycles. The predicted octanol–water partition coefficient (Wildman–Crippen LogP) is 2.32. The standard InChI is InChI=1S/C17H30N2O2/c1-13(14-8-9-14)18-17(20)12-19(15-5-2-3-6-15)11-16-7-4-10-21-16/h13-16H,2-12H2,1H3,(H,18,20)/t13-,16-/m0/s1. The molecule has 0 radical (unpaired) electrons. The third kappa shape index (κ3) is 4.43. The van der Waals surface area contributed by atoms with Crippen molar-refractivity contribution >= 4 is 5.91 Å². The van der Waals surface area contributed by atoms with E-state index in [1.165, 1.54) is 44.9 Å². The Morgan fingerprint density at radius 2 is 1.95 bits per heavy atom. The minimum absolute atomic E-state index is 0.208. The van der Waals surface area contributed by atoms with Gasteiger partial charge in [0.15, 0.2) is 0 Å². The molecule has 4 nitrogen and oxygen atoms in total. The molecule has 0 aromatic rings. The number of nitrogens with zero attached hydrogens (tertiary/aromatic N) is 1. The van der Waals surface area contributed by atoms with E-state index in [2.05, 4.69) is 17.1 Å². The average Bonchev–Trinajstić information content (AvgIpc) is 2.96. The van der Waals surface area contributed by atoms with Gasteiger partial charge in [0, 0.05) is 25.2 Å². The summed E-state index contributed by atoms with van der Waals surface area (Å²) >= 11 is 0. The third-order valence-corrected chi connectivity index (χ3v) is 5.37. The topological polar surface area (TPSA) is 41.6 Å². The molecule has 1 N–H and O–H groups in total. The Morgan fingerprint density at radius 3 is 2.57 bits per heavy atom. The second-order valence-corrected chi connectivity index (χ2v) is 7.20. The van der Waals surface area contributed by atoms with E-state index >= 15 is 0 Å². The van der Waals surface area contributed by atoms with Crippen molar-refractivity contribution in [2.45, 2.75) is 76.5 Å². The van der Waals surface area contributed by atoms with Crippen molar-refractivity contribution in [2.75, 3.05) is 19.7 Å². The Balaban J connectivity index is 1.51. The van der Waals surface area contributed by atoms with Gasteiger partial charge in [-0.1, -0.05) is 12.8 Å². The third-order valence-electron chi connectivity index (χ3n) is 5.37. The number of hydrogen-bond donors (Lipinski definition) is 1. The Bertz CT molecular complexity index is 345. The van der Waals surface area contributed by atoms with Crippen LogP contribution in [0, 0.1) is 5.92 Å². The molecule has 2 aliphatic carbocycles. The van der Waals surface area contributed by atoms with E-state index in [4.69, 9.17) is 4.74 Å². The number of nitrogens with one attached hydrogen (secondary N) is 1. The molecule has 3 fully saturated rings. The van der Waals surface area contributed by atoms with E-state index in [0.29, 0.717) is 24.7 Å². The van der Waals surface area contributed by atoms with E-state index < -0.39 is 0 Å². The Kier molecular flexibility index (Phi) is 5.17. The van der Waals surface area contributed by atoms with Gasteiger partial charge >= 0.3 is 0 Å². The van der Waals surface area contributed by atoms with Crippen LogP contribution in [0.1, 0.15) is 58.3 Å². The van der Waals surface area contributed by atoms with Gasteiger partial charge in [0.1, 0.15) is 0 Å². The second kappa shape index (κ2) is 7.10. The van der Waals surface area contributed by atoms with Gasteiger partial charge in [-0.2, -0.15) is 0 Å². The van der Waals surface area contributed by atoms with Crippen LogP contribution in [-0.2, 0) is 9.53 Å². The molecule has 0 aromatic carbocycles. The van der Waals surface area contributed by atoms with Gasteiger partial charge in [-0.25, -0.2) is 0 Å². The van der Waals surface area contributed by atoms with Gasteiger partial charge < -0.3 is 10.1 Å². The molecule has 1 amide bonds. The van der Waals surface area contributed by atoms with Crippen LogP contribution in [0.4, 0.5) is 0 Å². The summed E-state index contributed by atoms with van der Waals surface area (Å²) in [6.07, 6.45) is 10.4. The Morgan fingerprint density at radius 1 is 1.19 bits per heavy atom. The maximum absolute atomic E-state index is 12.3. The zero-order valence-corrected chi connectivity index (χ0v) is 13.4. The lowest BCUT2D eigenvalue weighted by molar-refractivity contribution is -0.124. The largest absolute Gasteiger partial charge is 0.377 e. The van der Waals surface area contributed by atoms with Crippen molar-refractivity contribution < 1.29 is 9.53 Å². The molecule has 1 aliphatic heterocycles. The summed E-state index contributed by atoms with van der Waals surface area (Å²) < 4.78 is 5.78. The number of ether oxygens (including phenoxy) is 1. The average molecular weight is 294 g/mol. The lowest BCUT2D eigenvalue weighted by Gasteiger charge is -2.30. The molecule has 3 aliphatic rings. The molecule has 2 saturated carbocycles. The maximum atomic E-state index is 12.3. The molecule has 4 heteroatoms. The van der Waals surface area contributed by atoms with Crippen molar-refractivity contribution in [3.8, 4) is 0 Å². The Labute approximate surface area is 128 Å². The summed E-state index contributed by atoms with van der Waals surface area (Å²) in [5.74, 6) is 0.936. The highest BCUT2D eigenvalue weighted by Crippen LogP contribution is 2.32. The van der Waals surface area contributed by atoms with Gasteiger partial charge in [-0.3, -0.25) is 9.69 Å². The van der Waals surface area contributed by atoms with Crippen molar-refractivity contribution in [1.29, 1.82) is 0 Å². The summed E-state index contributed by atoms with van der Waals surface area (Å²) in [5.41, 5.74) is 0. The van der Waals surface area contributed by atoms with E-state index in [9.17, 15) is 4.79 Å². The van der Waals surface area contributed by atoms with Crippen LogP contribution in [0.2, 0.25) is 0 Å². The lowest BCUT2D eigenvalue weighted by Crippen LogP contribution is -2.47. The molecule has 2 atom stereocenters. The number of amides is 1. The van der Waals surface area contributed by atoms with Gasteiger partial charge in [0.25, 0.3) is 0 Å². The van der Waals surface area contributed by atoms with Crippen LogP contribution in [0.15, 0.2) is 0 Å². The number of rotatable bonds is 7. The molecule has 0 unspecified atom stereocenters. The summed E-state index contributed by atoms with van der Waals surface area (Å²) in [7, 11) is 0. The van der Waals surface area contributed by atoms with Crippen LogP contribution < -0.4 is 5.32 Å². The van der Waals surface area contributed by atoms with E-state index in [-0.39, 0.29) is 5.91 Å². The SMILES string of the molecule is C[C@H](NC(=O)CN(C[C@@H]1CCCO1)C1CCCC1)C1CC1. The zero-order valence-electron chi connectivity index (χ0n) is 13.4. The van der Waals surface area contributed by atoms with E-state index in [1.807, 2.05) is 0 Å². The normalized spacial score (nSPS) is 28.2. The van der Waals surface area contributed by atoms with Crippen LogP contribution in [0.25, 0.3) is 0 Å². The summed E-state index contributed by atoms with van der Waals surface area (Å²) in [6, 6.07) is 0.946. The minimum Gasteiger partial charge on any atom is -0.377 e. The smallest absolute Gasteiger partial charge is 0.234 e. The summed E-state index contributed by atoms with van der Waals surface area (Å²) in [6.45, 7) is 4.54. The summed E-state index contributed by atoms with van der Waals surface area (Å²) in [4.78, 5) is 14.7. The van der Waals surface area contributed by atoms with Crippen LogP contribution in [0.3, 0.4) is 0 Å². The highest BCUT2D eigenvalue weighted by atomic mass is 16.5. The number of carbonyl (C=O) groups excluding carboxylic acids is 1. The van der Waals surface area contributed by atoms with Crippen molar-refractivity contribution in [3.63, 3.8) is 0 Å². The van der Waals surface area contributed by atoms with Gasteiger partial charge in [0.2, 0.25) is 5.91 Å². The van der Waals surface area contributed by atoms with Gasteiger partial charge in [-0.15, -0.1) is 0 Å². The number of carbonyl (C=O) groups is 1. The first kappa shape index (κ1) is 15.3. The number of hydrogen-bond acceptors (Lipinski definition) is 3. The van der Waals surface area contributed by atoms with Gasteiger partial charge in [0.05, 0.1) is 12.6 Å². The highest BCUT2D eigenvalue weighted by molar-refractivity contribution is 5.78. The molecule has 0 spiro atoms. The zero-order chi connectivity index (χ0) is 14.7. The highest BCUT2D eigenvalue weighted by Gasteiger charge is 2.31. The molecule has 120 valence electrons. The minimum atomic E-state index is 0.208. The molecule has 21 heavy (non-hydrogen) atoms. The van der Waals surface area contributed by atoms with Crippen molar-refractivity contribution in [1.82, 2.24) is 10.2 Å². The molecular formula is C17H30N2O2. The second-order valence-electron chi connectivity index (χ2n) is 7.20. The van der Waals surface area contributed by atoms with E-state index in [1.54, 1.807) is 0 Å². The van der Waals surface area contributed by atoms with Crippen LogP contribution in [-0.4, -0.2) is 48.7 Å². The quantitative estimate of drug-likeness (QED) is 0.783. The Hall–Kier alpha value is -0.610. The lowest BCUT2D eigenvalue weighted by atomic mass is 10.1. The van der Waals surface area contributed by atoms with Crippen molar-refractivity contribution in [2.24, 2.45) is 5.92 Å². The fourth-order valence-electron chi connectivity index (χ4n) is 3.86. The maximum Gasteiger partial charge on any atom is 0.234 e. The fourth-order valence-corrected chi connectivity index (χ4v) is 3.86. The van der Waals surface area contributed by atoms with E-state index in [0.717, 1.165) is 25.5 Å². The first-order valence-corrected chi connectivity index (χ1v) is 8.87. The monoisotopic (exact) mass is 294 g/mol. The molecule has 1 saturated heterocycles. The molecule has 0 bridgehead atoms. The molecule has 1 heterocycles. The first-order valence-electron chi connectivity index (χ1n) is 8.87. The predicted molar refractivity (Wildman–Crippen MR) is 83.1 cm³/mol. The molecular weight excluding hydrogens is 264 g/mol. The van der Waals surface area contributed by atoms with Gasteiger partial charge in [-0.05, 0) is 51.4 Å². The molecule has 3 rings (SSSR count). The van der Waals surface area contributed by atoms with Crippen LogP contribution in [0.5, 0.6) is 0 Å². The summed E-state index contributed by atoms with van der Waals surface area (Å²) in [5, 5.41) is 3.20.